The quantitative estimate of drug-likeness (QED) is 0.0364. The largest absolute Gasteiger partial charge is 0.497 e. The monoisotopic (exact) mass is 1020 g/mol. The van der Waals surface area contributed by atoms with Gasteiger partial charge in [0.15, 0.2) is 30.7 Å². The summed E-state index contributed by atoms with van der Waals surface area (Å²) in [5.41, 5.74) is 4.54. The number of nitrogens with two attached hydrogens (primary N) is 1. The average Bonchev–Trinajstić information content (AvgIpc) is 3.89. The summed E-state index contributed by atoms with van der Waals surface area (Å²) in [6.07, 6.45) is -18.0. The molecule has 1 fully saturated rings. The van der Waals surface area contributed by atoms with Crippen molar-refractivity contribution in [3.05, 3.63) is 95.6 Å². The molecule has 6 rings (SSSR count). The van der Waals surface area contributed by atoms with Crippen LogP contribution in [-0.2, 0) is 38.7 Å². The molecule has 0 aromatic heterocycles. The molecule has 3 N–H and O–H groups in total. The first kappa shape index (κ1) is 54.8. The van der Waals surface area contributed by atoms with Gasteiger partial charge in [-0.1, -0.05) is 54.6 Å². The molecule has 3 aliphatic rings. The normalized spacial score (nSPS) is 22.3. The van der Waals surface area contributed by atoms with Crippen LogP contribution in [-0.4, -0.2) is 139 Å². The van der Waals surface area contributed by atoms with Crippen LogP contribution >= 0.6 is 7.87 Å². The lowest BCUT2D eigenvalue weighted by Gasteiger charge is -2.39. The summed E-state index contributed by atoms with van der Waals surface area (Å²) in [6.45, 7) is 5.90. The number of esters is 1. The maximum atomic E-state index is 13.7. The number of ether oxygens (including phenoxy) is 6. The lowest BCUT2D eigenvalue weighted by Crippen LogP contribution is -2.59. The molecule has 3 aliphatic heterocycles. The number of benzene rings is 3. The van der Waals surface area contributed by atoms with Gasteiger partial charge < -0.3 is 33.3 Å². The molecule has 1 saturated heterocycles. The highest BCUT2D eigenvalue weighted by Gasteiger charge is 2.63. The van der Waals surface area contributed by atoms with Gasteiger partial charge in [0.05, 0.1) is 33.3 Å². The number of alkyl halides is 6. The third-order valence-electron chi connectivity index (χ3n) is 12.0. The second-order valence-electron chi connectivity index (χ2n) is 17.2. The molecule has 0 saturated carbocycles. The zero-order chi connectivity index (χ0) is 52.1. The molecule has 0 bridgehead atoms. The number of halogens is 6. The molecule has 0 spiro atoms. The van der Waals surface area contributed by atoms with Crippen molar-refractivity contribution in [1.82, 2.24) is 9.57 Å². The fourth-order valence-corrected chi connectivity index (χ4v) is 11.8. The first-order valence-electron chi connectivity index (χ1n) is 22.2. The predicted molar refractivity (Wildman–Crippen MR) is 247 cm³/mol. The highest BCUT2D eigenvalue weighted by molar-refractivity contribution is 7.63. The van der Waals surface area contributed by atoms with Gasteiger partial charge in [0.1, 0.15) is 54.2 Å². The summed E-state index contributed by atoms with van der Waals surface area (Å²) in [6, 6.07) is 24.2. The second kappa shape index (κ2) is 22.0. The Morgan fingerprint density at radius 2 is 1.46 bits per heavy atom. The standard InChI is InChI=1S/C47H55F6N7O10P/c1-28(2)60(29(3)4)71(63,23-11-22-54)70-37-36(24-68-44(31-12-9-8-10-13-31,32-14-18-34(64-6)19-15-32)33-16-20-35(65-7)21-17-33)69-42(59-26-57-40-41(59)56-25-58-45(40,55)30(5)61)38(37)66-27-67-43(62)39(46(48,49)50)47(51,52)53/h8-10,12-21,25,28-29,36-39,42,63H,11,23-24,26-27,55H2,1-7H3/q+1/t36-,37-,38-,42-,45?,71?/m1/s1. The molecule has 2 unspecified atom stereocenters. The topological polar surface area (TPSA) is 212 Å². The fraction of sp³-hybridized carbons (Fsp3) is 0.489. The number of nitrogens with zero attached hydrogens (tertiary/aromatic N) is 6. The lowest BCUT2D eigenvalue weighted by molar-refractivity contribution is -0.285. The summed E-state index contributed by atoms with van der Waals surface area (Å²) in [5, 5.41) is 9.83. The van der Waals surface area contributed by atoms with E-state index in [1.165, 1.54) is 26.0 Å². The molecule has 3 heterocycles. The van der Waals surface area contributed by atoms with Gasteiger partial charge in [-0.15, -0.1) is 4.67 Å². The Morgan fingerprint density at radius 3 is 1.96 bits per heavy atom. The number of Topliss-reactive ketones (excluding diaryl/α,β-unsaturated/α-hetero) is 1. The van der Waals surface area contributed by atoms with Crippen molar-refractivity contribution in [2.24, 2.45) is 26.6 Å². The zero-order valence-corrected chi connectivity index (χ0v) is 40.7. The average molecular weight is 1020 g/mol. The van der Waals surface area contributed by atoms with E-state index in [1.807, 2.05) is 18.2 Å². The smallest absolute Gasteiger partial charge is 0.411 e. The lowest BCUT2D eigenvalue weighted by atomic mass is 9.80. The second-order valence-corrected chi connectivity index (χ2v) is 19.6. The van der Waals surface area contributed by atoms with Crippen molar-refractivity contribution in [3.63, 3.8) is 0 Å². The Morgan fingerprint density at radius 1 is 0.915 bits per heavy atom. The molecular weight excluding hydrogens is 968 g/mol. The molecule has 3 aromatic carbocycles. The van der Waals surface area contributed by atoms with Gasteiger partial charge in [0.2, 0.25) is 11.6 Å². The number of amidine groups is 1. The van der Waals surface area contributed by atoms with Gasteiger partial charge in [-0.25, -0.2) is 14.9 Å². The van der Waals surface area contributed by atoms with Crippen molar-refractivity contribution in [3.8, 4) is 17.6 Å². The molecule has 3 aromatic rings. The third-order valence-corrected chi connectivity index (χ3v) is 15.0. The number of ketones is 1. The zero-order valence-electron chi connectivity index (χ0n) is 39.8. The highest BCUT2D eigenvalue weighted by atomic mass is 31.2. The van der Waals surface area contributed by atoms with E-state index in [9.17, 15) is 46.1 Å². The summed E-state index contributed by atoms with van der Waals surface area (Å²) >= 11 is 0. The number of hydrogen-bond donors (Lipinski definition) is 2. The summed E-state index contributed by atoms with van der Waals surface area (Å²) in [5.74, 6) is -6.89. The van der Waals surface area contributed by atoms with E-state index in [0.29, 0.717) is 28.2 Å². The van der Waals surface area contributed by atoms with Crippen LogP contribution in [0.1, 0.15) is 57.7 Å². The van der Waals surface area contributed by atoms with Crippen molar-refractivity contribution in [2.75, 3.05) is 40.5 Å². The van der Waals surface area contributed by atoms with Crippen molar-refractivity contribution < 1.29 is 73.8 Å². The predicted octanol–water partition coefficient (Wildman–Crippen LogP) is 6.93. The number of carbonyl (C=O) groups is 2. The number of methoxy groups -OCH3 is 2. The van der Waals surface area contributed by atoms with Crippen LogP contribution < -0.4 is 15.2 Å². The highest BCUT2D eigenvalue weighted by Crippen LogP contribution is 2.64. The number of fused-ring (bicyclic) bond motifs is 1. The fourth-order valence-electron chi connectivity index (χ4n) is 8.86. The Kier molecular flexibility index (Phi) is 17.0. The first-order valence-corrected chi connectivity index (χ1v) is 24.0. The van der Waals surface area contributed by atoms with Crippen LogP contribution in [0.5, 0.6) is 11.5 Å². The van der Waals surface area contributed by atoms with Crippen LogP contribution in [0.3, 0.4) is 0 Å². The van der Waals surface area contributed by atoms with Crippen LogP contribution in [0.2, 0.25) is 0 Å². The molecule has 71 heavy (non-hydrogen) atoms. The molecule has 6 atom stereocenters. The molecule has 0 amide bonds. The molecular formula is C47H55F6N7O10P+. The molecule has 0 aliphatic carbocycles. The van der Waals surface area contributed by atoms with E-state index < -0.39 is 99.2 Å². The van der Waals surface area contributed by atoms with Gasteiger partial charge in [0.25, 0.3) is 0 Å². The van der Waals surface area contributed by atoms with Crippen LogP contribution in [0.15, 0.2) is 93.8 Å². The van der Waals surface area contributed by atoms with Gasteiger partial charge in [-0.3, -0.25) is 20.3 Å². The Bertz CT molecular complexity index is 2410. The maximum absolute atomic E-state index is 13.7. The van der Waals surface area contributed by atoms with Crippen molar-refractivity contribution in [2.45, 2.75) is 101 Å². The summed E-state index contributed by atoms with van der Waals surface area (Å²) in [7, 11) is -1.01. The molecule has 384 valence electrons. The Labute approximate surface area is 406 Å². The van der Waals surface area contributed by atoms with E-state index in [-0.39, 0.29) is 30.8 Å². The minimum atomic E-state index is -6.09. The van der Waals surface area contributed by atoms with E-state index >= 15 is 0 Å². The van der Waals surface area contributed by atoms with E-state index in [0.717, 1.165) is 6.34 Å². The van der Waals surface area contributed by atoms with Crippen molar-refractivity contribution >= 4 is 37.5 Å². The minimum absolute atomic E-state index is 0.0709. The number of rotatable bonds is 21. The molecule has 17 nitrogen and oxygen atoms in total. The Balaban J connectivity index is 1.53. The number of nitriles is 1. The SMILES string of the molecule is COc1ccc(C(OC[C@H]2O[C@@H](N3CN=C4C3=NC=NC4(N)C(C)=O)[C@H](OCOC(=O)C(C(F)(F)F)C(F)(F)F)[C@@H]2O[P+](O)(CCC#N)N(C(C)C)C(C)C)(c2ccccc2)c2ccc(OC)cc2)cc1. The number of hydrogen-bond acceptors (Lipinski definition) is 17. The summed E-state index contributed by atoms with van der Waals surface area (Å²) in [4.78, 5) is 52.6. The van der Waals surface area contributed by atoms with Crippen molar-refractivity contribution in [1.29, 1.82) is 5.26 Å². The number of carbonyl (C=O) groups excluding carboxylic acids is 2. The maximum Gasteiger partial charge on any atom is 0.411 e. The Hall–Kier alpha value is -5.57. The van der Waals surface area contributed by atoms with Gasteiger partial charge in [0, 0.05) is 12.1 Å². The minimum Gasteiger partial charge on any atom is -0.497 e. The van der Waals surface area contributed by atoms with Crippen LogP contribution in [0.25, 0.3) is 0 Å². The van der Waals surface area contributed by atoms with Gasteiger partial charge in [-0.2, -0.15) is 36.1 Å². The molecule has 24 heteroatoms. The van der Waals surface area contributed by atoms with E-state index in [4.69, 9.17) is 33.9 Å². The number of aliphatic imine (C=N–C) groups is 3. The van der Waals surface area contributed by atoms with Gasteiger partial charge >= 0.3 is 26.2 Å². The first-order chi connectivity index (χ1) is 33.5. The third kappa shape index (κ3) is 11.4. The van der Waals surface area contributed by atoms with Crippen LogP contribution in [0.4, 0.5) is 26.3 Å². The molecule has 0 radical (unpaired) electrons. The van der Waals surface area contributed by atoms with E-state index in [1.54, 1.807) is 99.1 Å². The van der Waals surface area contributed by atoms with Gasteiger partial charge in [-0.05, 0) is 75.6 Å². The summed E-state index contributed by atoms with van der Waals surface area (Å²) < 4.78 is 126. The van der Waals surface area contributed by atoms with Crippen LogP contribution in [0, 0.1) is 17.2 Å². The van der Waals surface area contributed by atoms with E-state index in [2.05, 4.69) is 19.7 Å².